The van der Waals surface area contributed by atoms with Gasteiger partial charge in [-0.15, -0.1) is 0 Å². The summed E-state index contributed by atoms with van der Waals surface area (Å²) in [5.41, 5.74) is 10.4. The van der Waals surface area contributed by atoms with Crippen LogP contribution in [0.3, 0.4) is 0 Å². The van der Waals surface area contributed by atoms with Crippen molar-refractivity contribution < 1.29 is 42.1 Å². The average molecular weight is 487 g/mol. The molecule has 31 heavy (non-hydrogen) atoms. The molecule has 0 saturated carbocycles. The van der Waals surface area contributed by atoms with Crippen LogP contribution in [0.15, 0.2) is 0 Å². The Bertz CT molecular complexity index is 398. The van der Waals surface area contributed by atoms with Gasteiger partial charge >= 0.3 is 18.1 Å². The van der Waals surface area contributed by atoms with Crippen LogP contribution in [0.1, 0.15) is 73.6 Å². The number of nitrogens with two attached hydrogens (primary N) is 2. The van der Waals surface area contributed by atoms with Crippen molar-refractivity contribution >= 4 is 22.5 Å². The van der Waals surface area contributed by atoms with Crippen molar-refractivity contribution in [1.82, 2.24) is 0 Å². The third-order valence-electron chi connectivity index (χ3n) is 3.39. The minimum Gasteiger partial charge on any atom is -0.481 e. The van der Waals surface area contributed by atoms with E-state index in [9.17, 15) is 22.8 Å². The van der Waals surface area contributed by atoms with Gasteiger partial charge in [0.1, 0.15) is 11.8 Å². The van der Waals surface area contributed by atoms with Crippen LogP contribution >= 0.6 is 10.6 Å². The number of hydrogen-bond donors (Lipinski definition) is 6. The minimum absolute atomic E-state index is 0. The van der Waals surface area contributed by atoms with Crippen LogP contribution in [0.5, 0.6) is 0 Å². The number of carbonyl (C=O) groups is 2. The fraction of sp³-hybridized carbons (Fsp3) is 0.895. The first-order valence-electron chi connectivity index (χ1n) is 9.26. The minimum atomic E-state index is -4.48. The predicted molar refractivity (Wildman–Crippen MR) is 123 cm³/mol. The van der Waals surface area contributed by atoms with Crippen LogP contribution in [-0.2, 0) is 9.59 Å². The van der Waals surface area contributed by atoms with Gasteiger partial charge in [-0.05, 0) is 25.8 Å². The van der Waals surface area contributed by atoms with Crippen LogP contribution in [0.4, 0.5) is 13.2 Å². The van der Waals surface area contributed by atoms with E-state index >= 15 is 0 Å². The van der Waals surface area contributed by atoms with Gasteiger partial charge in [0.25, 0.3) is 0 Å². The van der Waals surface area contributed by atoms with Gasteiger partial charge in [-0.1, -0.05) is 54.4 Å². The molecule has 0 fully saturated rings. The lowest BCUT2D eigenvalue weighted by molar-refractivity contribution is -0.141. The Kier molecular flexibility index (Phi) is 28.8. The lowest BCUT2D eigenvalue weighted by Crippen LogP contribution is -2.29. The van der Waals surface area contributed by atoms with E-state index in [1.165, 1.54) is 0 Å². The molecule has 0 saturated heterocycles. The van der Waals surface area contributed by atoms with Gasteiger partial charge in [-0.25, -0.2) is 0 Å². The molecule has 0 rings (SSSR count). The van der Waals surface area contributed by atoms with Gasteiger partial charge in [-0.2, -0.15) is 23.8 Å². The lowest BCUT2D eigenvalue weighted by Gasteiger charge is -2.27. The number of rotatable bonds is 11. The fourth-order valence-corrected chi connectivity index (χ4v) is 2.39. The summed E-state index contributed by atoms with van der Waals surface area (Å²) in [5, 5.41) is 16.8. The van der Waals surface area contributed by atoms with E-state index in [1.807, 2.05) is 0 Å². The molecule has 0 aliphatic heterocycles. The second kappa shape index (κ2) is 22.1. The van der Waals surface area contributed by atoms with Crippen molar-refractivity contribution in [2.45, 2.75) is 85.9 Å². The maximum Gasteiger partial charge on any atom is 0.405 e. The summed E-state index contributed by atoms with van der Waals surface area (Å²) in [4.78, 5) is 20.4. The highest BCUT2D eigenvalue weighted by atomic mass is 32.3. The Morgan fingerprint density at radius 1 is 0.968 bits per heavy atom. The molecule has 0 aromatic rings. The van der Waals surface area contributed by atoms with Crippen LogP contribution in [0, 0.1) is 5.92 Å². The number of carboxylic acids is 2. The van der Waals surface area contributed by atoms with Gasteiger partial charge in [0.15, 0.2) is 0 Å². The molecule has 194 valence electrons. The highest BCUT2D eigenvalue weighted by molar-refractivity contribution is 8.23. The number of hydrogen-bond acceptors (Lipinski definition) is 6. The SMILES string of the molecule is C.C.CCCCCC(C)C(=O)O.CS(O)(O)CC(F)(F)F.NCCCCC(N)C(=O)O. The number of alkyl halides is 3. The lowest BCUT2D eigenvalue weighted by atomic mass is 10.0. The second-order valence-electron chi connectivity index (χ2n) is 6.72. The molecule has 12 heteroatoms. The third kappa shape index (κ3) is 39.9. The quantitative estimate of drug-likeness (QED) is 0.221. The number of carboxylic acid groups (broad SMARTS) is 2. The molecule has 0 heterocycles. The summed E-state index contributed by atoms with van der Waals surface area (Å²) in [6, 6.07) is -0.716. The summed E-state index contributed by atoms with van der Waals surface area (Å²) in [7, 11) is -3.41. The second-order valence-corrected chi connectivity index (χ2v) is 8.99. The average Bonchev–Trinajstić information content (AvgIpc) is 2.52. The van der Waals surface area contributed by atoms with Crippen LogP contribution < -0.4 is 11.5 Å². The molecule has 2 atom stereocenters. The van der Waals surface area contributed by atoms with Crippen molar-refractivity contribution in [3.63, 3.8) is 0 Å². The van der Waals surface area contributed by atoms with E-state index in [0.717, 1.165) is 44.8 Å². The molecular formula is C19H45F3N2O6S. The smallest absolute Gasteiger partial charge is 0.405 e. The molecule has 0 aliphatic carbocycles. The maximum absolute atomic E-state index is 11.3. The van der Waals surface area contributed by atoms with Gasteiger partial charge in [0.05, 0.1) is 5.92 Å². The third-order valence-corrected chi connectivity index (χ3v) is 4.26. The van der Waals surface area contributed by atoms with E-state index in [0.29, 0.717) is 13.0 Å². The molecule has 0 spiro atoms. The molecule has 0 aromatic heterocycles. The molecular weight excluding hydrogens is 441 g/mol. The first-order chi connectivity index (χ1) is 13.1. The Labute approximate surface area is 186 Å². The molecule has 0 radical (unpaired) electrons. The number of halogens is 3. The van der Waals surface area contributed by atoms with Crippen molar-refractivity contribution in [2.24, 2.45) is 17.4 Å². The largest absolute Gasteiger partial charge is 0.481 e. The van der Waals surface area contributed by atoms with E-state index < -0.39 is 40.5 Å². The summed E-state index contributed by atoms with van der Waals surface area (Å²) in [6.45, 7) is 4.48. The number of aliphatic carboxylic acids is 2. The Balaban J connectivity index is -0.000000106. The van der Waals surface area contributed by atoms with Gasteiger partial charge in [0, 0.05) is 6.26 Å². The van der Waals surface area contributed by atoms with Crippen LogP contribution in [0.25, 0.3) is 0 Å². The molecule has 0 bridgehead atoms. The van der Waals surface area contributed by atoms with Crippen molar-refractivity contribution in [1.29, 1.82) is 0 Å². The van der Waals surface area contributed by atoms with Crippen molar-refractivity contribution in [3.05, 3.63) is 0 Å². The maximum atomic E-state index is 11.3. The summed E-state index contributed by atoms with van der Waals surface area (Å²) in [6.07, 6.45) is 2.63. The zero-order chi connectivity index (χ0) is 23.7. The Hall–Kier alpha value is -1.08. The van der Waals surface area contributed by atoms with E-state index in [4.69, 9.17) is 30.8 Å². The molecule has 8 N–H and O–H groups in total. The standard InChI is InChI=1S/C8H16O2.C6H14N2O2.C3H7F3O2S.2CH4/c1-3-4-5-6-7(2)8(9)10;7-4-2-1-3-5(8)6(9)10;1-9(7,8)2-3(4,5)6;;/h7H,3-6H2,1-2H3,(H,9,10);5H,1-4,7-8H2,(H,9,10);7-8H,2H2,1H3;2*1H4. The Morgan fingerprint density at radius 3 is 1.68 bits per heavy atom. The van der Waals surface area contributed by atoms with E-state index in [1.54, 1.807) is 6.92 Å². The van der Waals surface area contributed by atoms with Crippen molar-refractivity contribution in [3.8, 4) is 0 Å². The summed E-state index contributed by atoms with van der Waals surface area (Å²) in [5.74, 6) is -3.28. The molecule has 0 amide bonds. The summed E-state index contributed by atoms with van der Waals surface area (Å²) < 4.78 is 50.3. The predicted octanol–water partition coefficient (Wildman–Crippen LogP) is 5.02. The first kappa shape index (κ1) is 40.3. The molecule has 2 unspecified atom stereocenters. The fourth-order valence-electron chi connectivity index (χ4n) is 1.77. The topological polar surface area (TPSA) is 167 Å². The van der Waals surface area contributed by atoms with Gasteiger partial charge < -0.3 is 21.7 Å². The van der Waals surface area contributed by atoms with E-state index in [-0.39, 0.29) is 20.8 Å². The van der Waals surface area contributed by atoms with Gasteiger partial charge in [-0.3, -0.25) is 18.7 Å². The van der Waals surface area contributed by atoms with E-state index in [2.05, 4.69) is 6.92 Å². The first-order valence-corrected chi connectivity index (χ1v) is 11.4. The van der Waals surface area contributed by atoms with Crippen LogP contribution in [0.2, 0.25) is 0 Å². The zero-order valence-electron chi connectivity index (χ0n) is 17.3. The van der Waals surface area contributed by atoms with Gasteiger partial charge in [0.2, 0.25) is 0 Å². The van der Waals surface area contributed by atoms with Crippen LogP contribution in [-0.4, -0.2) is 62.0 Å². The highest BCUT2D eigenvalue weighted by Crippen LogP contribution is 2.39. The van der Waals surface area contributed by atoms with Crippen molar-refractivity contribution in [2.75, 3.05) is 18.6 Å². The summed E-state index contributed by atoms with van der Waals surface area (Å²) >= 11 is 0. The molecule has 8 nitrogen and oxygen atoms in total. The molecule has 0 aliphatic rings. The normalized spacial score (nSPS) is 13.0. The zero-order valence-corrected chi connectivity index (χ0v) is 18.1. The monoisotopic (exact) mass is 486 g/mol. The molecule has 0 aromatic carbocycles. The Morgan fingerprint density at radius 2 is 1.42 bits per heavy atom. The number of unbranched alkanes of at least 4 members (excludes halogenated alkanes) is 3. The highest BCUT2D eigenvalue weighted by Gasteiger charge is 2.32.